The number of aromatic hydroxyl groups is 1. The van der Waals surface area contributed by atoms with Crippen LogP contribution in [0.25, 0.3) is 0 Å². The number of hydrogen-bond donors (Lipinski definition) is 2. The third-order valence-corrected chi connectivity index (χ3v) is 2.12. The molecule has 5 nitrogen and oxygen atoms in total. The van der Waals surface area contributed by atoms with Crippen LogP contribution in [0.4, 0.5) is 18.9 Å². The van der Waals surface area contributed by atoms with Gasteiger partial charge in [0.2, 0.25) is 0 Å². The first-order chi connectivity index (χ1) is 7.71. The number of rotatable bonds is 3. The molecule has 0 fully saturated rings. The fraction of sp³-hybridized carbons (Fsp3) is 0.333. The van der Waals surface area contributed by atoms with Crippen molar-refractivity contribution in [1.82, 2.24) is 0 Å². The molecule has 0 bridgehead atoms. The van der Waals surface area contributed by atoms with E-state index in [0.717, 1.165) is 18.2 Å². The van der Waals surface area contributed by atoms with Gasteiger partial charge in [-0.05, 0) is 12.1 Å². The molecule has 1 atom stereocenters. The fourth-order valence-corrected chi connectivity index (χ4v) is 1.27. The van der Waals surface area contributed by atoms with Gasteiger partial charge in [0.1, 0.15) is 11.8 Å². The van der Waals surface area contributed by atoms with Crippen molar-refractivity contribution >= 4 is 5.69 Å². The Hall–Kier alpha value is -1.83. The molecule has 0 amide bonds. The highest BCUT2D eigenvalue weighted by Crippen LogP contribution is 2.28. The zero-order chi connectivity index (χ0) is 13.2. The van der Waals surface area contributed by atoms with Gasteiger partial charge in [-0.3, -0.25) is 10.1 Å². The summed E-state index contributed by atoms with van der Waals surface area (Å²) in [5.74, 6) is -0.347. The first-order valence-corrected chi connectivity index (χ1v) is 4.50. The van der Waals surface area contributed by atoms with Crippen molar-refractivity contribution in [3.05, 3.63) is 33.9 Å². The predicted octanol–water partition coefficient (Wildman–Crippen LogP) is 1.73. The van der Waals surface area contributed by atoms with E-state index in [2.05, 4.69) is 0 Å². The van der Waals surface area contributed by atoms with Crippen LogP contribution >= 0.6 is 0 Å². The van der Waals surface area contributed by atoms with Crippen molar-refractivity contribution in [2.24, 2.45) is 5.73 Å². The minimum absolute atomic E-state index is 0.250. The van der Waals surface area contributed by atoms with E-state index in [1.54, 1.807) is 0 Å². The smallest absolute Gasteiger partial charge is 0.403 e. The van der Waals surface area contributed by atoms with E-state index in [-0.39, 0.29) is 11.3 Å². The summed E-state index contributed by atoms with van der Waals surface area (Å²) in [7, 11) is 0. The maximum atomic E-state index is 12.2. The summed E-state index contributed by atoms with van der Waals surface area (Å²) in [6.07, 6.45) is -5.40. The molecule has 0 aliphatic heterocycles. The van der Waals surface area contributed by atoms with Gasteiger partial charge < -0.3 is 10.8 Å². The summed E-state index contributed by atoms with van der Waals surface area (Å²) >= 11 is 0. The van der Waals surface area contributed by atoms with Crippen LogP contribution in [0.3, 0.4) is 0 Å². The van der Waals surface area contributed by atoms with E-state index >= 15 is 0 Å². The van der Waals surface area contributed by atoms with Gasteiger partial charge in [0.05, 0.1) is 4.92 Å². The molecule has 0 radical (unpaired) electrons. The van der Waals surface area contributed by atoms with E-state index in [4.69, 9.17) is 10.8 Å². The molecule has 1 aromatic carbocycles. The van der Waals surface area contributed by atoms with Crippen LogP contribution in [0.1, 0.15) is 5.56 Å². The standard InChI is InChI=1S/C9H9F3N2O3/c10-9(11,12)8(13)4-5-3-6(15)1-2-7(5)14(16)17/h1-3,8,15H,4,13H2. The summed E-state index contributed by atoms with van der Waals surface area (Å²) in [6, 6.07) is 0.668. The summed E-state index contributed by atoms with van der Waals surface area (Å²) in [4.78, 5) is 9.74. The number of hydrogen-bond acceptors (Lipinski definition) is 4. The lowest BCUT2D eigenvalue weighted by Gasteiger charge is -2.15. The number of nitrogens with two attached hydrogens (primary N) is 1. The summed E-state index contributed by atoms with van der Waals surface area (Å²) < 4.78 is 36.6. The number of phenolic OH excluding ortho intramolecular Hbond substituents is 1. The molecule has 1 aromatic rings. The van der Waals surface area contributed by atoms with E-state index < -0.39 is 29.2 Å². The highest BCUT2D eigenvalue weighted by Gasteiger charge is 2.37. The largest absolute Gasteiger partial charge is 0.508 e. The number of alkyl halides is 3. The lowest BCUT2D eigenvalue weighted by atomic mass is 10.0. The van der Waals surface area contributed by atoms with Gasteiger partial charge in [-0.15, -0.1) is 0 Å². The molecule has 0 heterocycles. The molecule has 0 aliphatic carbocycles. The molecule has 17 heavy (non-hydrogen) atoms. The van der Waals surface area contributed by atoms with Crippen molar-refractivity contribution in [1.29, 1.82) is 0 Å². The predicted molar refractivity (Wildman–Crippen MR) is 52.5 cm³/mol. The van der Waals surface area contributed by atoms with E-state index in [1.807, 2.05) is 0 Å². The van der Waals surface area contributed by atoms with Crippen molar-refractivity contribution in [2.45, 2.75) is 18.6 Å². The normalized spacial score (nSPS) is 13.4. The highest BCUT2D eigenvalue weighted by atomic mass is 19.4. The topological polar surface area (TPSA) is 89.4 Å². The lowest BCUT2D eigenvalue weighted by Crippen LogP contribution is -2.39. The second-order valence-electron chi connectivity index (χ2n) is 3.42. The maximum absolute atomic E-state index is 12.2. The Kier molecular flexibility index (Phi) is 3.56. The number of benzene rings is 1. The fourth-order valence-electron chi connectivity index (χ4n) is 1.27. The van der Waals surface area contributed by atoms with E-state index in [0.29, 0.717) is 0 Å². The average Bonchev–Trinajstić information content (AvgIpc) is 2.15. The SMILES string of the molecule is NC(Cc1cc(O)ccc1[N+](=O)[O-])C(F)(F)F. The van der Waals surface area contributed by atoms with Crippen LogP contribution < -0.4 is 5.73 Å². The maximum Gasteiger partial charge on any atom is 0.403 e. The van der Waals surface area contributed by atoms with Gasteiger partial charge in [-0.2, -0.15) is 13.2 Å². The Balaban J connectivity index is 3.04. The molecule has 0 saturated heterocycles. The van der Waals surface area contributed by atoms with E-state index in [9.17, 15) is 23.3 Å². The molecule has 1 rings (SSSR count). The minimum atomic E-state index is -4.64. The van der Waals surface area contributed by atoms with Crippen LogP contribution in [-0.2, 0) is 6.42 Å². The second kappa shape index (κ2) is 4.58. The van der Waals surface area contributed by atoms with Gasteiger partial charge in [0.15, 0.2) is 0 Å². The Morgan fingerprint density at radius 3 is 2.53 bits per heavy atom. The molecule has 0 aliphatic rings. The second-order valence-corrected chi connectivity index (χ2v) is 3.42. The molecule has 0 aromatic heterocycles. The number of nitro groups is 1. The molecular weight excluding hydrogens is 241 g/mol. The van der Waals surface area contributed by atoms with Crippen LogP contribution in [0.15, 0.2) is 18.2 Å². The molecule has 1 unspecified atom stereocenters. The number of nitro benzene ring substituents is 1. The summed E-state index contributed by atoms with van der Waals surface area (Å²) in [6.45, 7) is 0. The third-order valence-electron chi connectivity index (χ3n) is 2.12. The number of halogens is 3. The Morgan fingerprint density at radius 1 is 1.47 bits per heavy atom. The zero-order valence-electron chi connectivity index (χ0n) is 8.44. The molecule has 8 heteroatoms. The Bertz CT molecular complexity index is 434. The van der Waals surface area contributed by atoms with Crippen molar-refractivity contribution in [3.63, 3.8) is 0 Å². The van der Waals surface area contributed by atoms with Crippen LogP contribution in [0, 0.1) is 10.1 Å². The first kappa shape index (κ1) is 13.2. The summed E-state index contributed by atoms with van der Waals surface area (Å²) in [5.41, 5.74) is 4.12. The zero-order valence-corrected chi connectivity index (χ0v) is 8.44. The quantitative estimate of drug-likeness (QED) is 0.631. The van der Waals surface area contributed by atoms with Crippen LogP contribution in [0.5, 0.6) is 5.75 Å². The van der Waals surface area contributed by atoms with Crippen molar-refractivity contribution in [3.8, 4) is 5.75 Å². The van der Waals surface area contributed by atoms with E-state index in [1.165, 1.54) is 0 Å². The van der Waals surface area contributed by atoms with Gasteiger partial charge in [-0.1, -0.05) is 0 Å². The number of nitrogens with zero attached hydrogens (tertiary/aromatic N) is 1. The highest BCUT2D eigenvalue weighted by molar-refractivity contribution is 5.45. The van der Waals surface area contributed by atoms with Gasteiger partial charge in [0, 0.05) is 18.1 Å². The van der Waals surface area contributed by atoms with Gasteiger partial charge in [0.25, 0.3) is 5.69 Å². The average molecular weight is 250 g/mol. The molecule has 94 valence electrons. The minimum Gasteiger partial charge on any atom is -0.508 e. The van der Waals surface area contributed by atoms with Crippen LogP contribution in [-0.4, -0.2) is 22.2 Å². The van der Waals surface area contributed by atoms with Crippen molar-refractivity contribution < 1.29 is 23.2 Å². The number of phenols is 1. The Morgan fingerprint density at radius 2 is 2.06 bits per heavy atom. The summed E-state index contributed by atoms with van der Waals surface area (Å²) in [5, 5.41) is 19.7. The lowest BCUT2D eigenvalue weighted by molar-refractivity contribution is -0.385. The molecule has 0 saturated carbocycles. The van der Waals surface area contributed by atoms with Crippen LogP contribution in [0.2, 0.25) is 0 Å². The molecular formula is C9H9F3N2O3. The van der Waals surface area contributed by atoms with Gasteiger partial charge in [-0.25, -0.2) is 0 Å². The first-order valence-electron chi connectivity index (χ1n) is 4.50. The van der Waals surface area contributed by atoms with Crippen molar-refractivity contribution in [2.75, 3.05) is 0 Å². The van der Waals surface area contributed by atoms with Gasteiger partial charge >= 0.3 is 6.18 Å². The Labute approximate surface area is 93.8 Å². The monoisotopic (exact) mass is 250 g/mol. The molecule has 0 spiro atoms. The molecule has 3 N–H and O–H groups in total. The third kappa shape index (κ3) is 3.31.